The molecule has 0 unspecified atom stereocenters. The summed E-state index contributed by atoms with van der Waals surface area (Å²) >= 11 is 0. The van der Waals surface area contributed by atoms with Crippen molar-refractivity contribution in [3.8, 4) is 5.75 Å². The highest BCUT2D eigenvalue weighted by molar-refractivity contribution is 5.87. The molecule has 0 saturated carbocycles. The van der Waals surface area contributed by atoms with E-state index in [1.54, 1.807) is 4.90 Å². The number of para-hydroxylation sites is 1. The molecule has 0 bridgehead atoms. The highest BCUT2D eigenvalue weighted by atomic mass is 16.5. The number of nitrogens with zero attached hydrogens (tertiary/aromatic N) is 1. The summed E-state index contributed by atoms with van der Waals surface area (Å²) in [5, 5.41) is 2.86. The standard InChI is InChI=1S/C17H24N2O3/c1-12-6-4-7-13(2)16(12)22-11-9-18-17(21)15-8-5-10-19(15)14(3)20/h4,6-7,15H,5,8-11H2,1-3H3,(H,18,21)/t15-/m0/s1. The van der Waals surface area contributed by atoms with E-state index in [0.717, 1.165) is 29.7 Å². The lowest BCUT2D eigenvalue weighted by atomic mass is 10.1. The van der Waals surface area contributed by atoms with Gasteiger partial charge in [0.25, 0.3) is 0 Å². The molecule has 120 valence electrons. The maximum atomic E-state index is 12.1. The number of ether oxygens (including phenoxy) is 1. The van der Waals surface area contributed by atoms with E-state index in [1.807, 2.05) is 32.0 Å². The summed E-state index contributed by atoms with van der Waals surface area (Å²) in [5.74, 6) is 0.755. The Balaban J connectivity index is 1.79. The quantitative estimate of drug-likeness (QED) is 0.844. The summed E-state index contributed by atoms with van der Waals surface area (Å²) < 4.78 is 5.76. The van der Waals surface area contributed by atoms with Gasteiger partial charge in [0.05, 0.1) is 6.54 Å². The predicted molar refractivity (Wildman–Crippen MR) is 84.8 cm³/mol. The van der Waals surface area contributed by atoms with Crippen molar-refractivity contribution in [2.24, 2.45) is 0 Å². The van der Waals surface area contributed by atoms with Gasteiger partial charge in [-0.15, -0.1) is 0 Å². The Labute approximate surface area is 131 Å². The van der Waals surface area contributed by atoms with Crippen LogP contribution in [0.5, 0.6) is 5.75 Å². The fourth-order valence-electron chi connectivity index (χ4n) is 2.89. The molecule has 1 aliphatic heterocycles. The van der Waals surface area contributed by atoms with Crippen LogP contribution in [0.2, 0.25) is 0 Å². The molecule has 1 saturated heterocycles. The molecule has 2 amide bonds. The van der Waals surface area contributed by atoms with Crippen LogP contribution >= 0.6 is 0 Å². The Morgan fingerprint density at radius 2 is 2.00 bits per heavy atom. The third kappa shape index (κ3) is 3.78. The van der Waals surface area contributed by atoms with Crippen LogP contribution in [0, 0.1) is 13.8 Å². The van der Waals surface area contributed by atoms with Crippen molar-refractivity contribution in [2.45, 2.75) is 39.7 Å². The van der Waals surface area contributed by atoms with Gasteiger partial charge in [-0.05, 0) is 37.8 Å². The van der Waals surface area contributed by atoms with Gasteiger partial charge in [-0.2, -0.15) is 0 Å². The van der Waals surface area contributed by atoms with Crippen LogP contribution in [-0.2, 0) is 9.59 Å². The van der Waals surface area contributed by atoms with Gasteiger partial charge in [0.15, 0.2) is 0 Å². The summed E-state index contributed by atoms with van der Waals surface area (Å²) in [4.78, 5) is 25.3. The summed E-state index contributed by atoms with van der Waals surface area (Å²) in [6.07, 6.45) is 1.62. The van der Waals surface area contributed by atoms with Crippen LogP contribution in [-0.4, -0.2) is 42.5 Å². The number of rotatable bonds is 5. The van der Waals surface area contributed by atoms with Crippen LogP contribution in [0.4, 0.5) is 0 Å². The fourth-order valence-corrected chi connectivity index (χ4v) is 2.89. The van der Waals surface area contributed by atoms with Crippen molar-refractivity contribution < 1.29 is 14.3 Å². The van der Waals surface area contributed by atoms with Gasteiger partial charge in [0.1, 0.15) is 18.4 Å². The molecular formula is C17H24N2O3. The molecule has 0 radical (unpaired) electrons. The first-order valence-electron chi connectivity index (χ1n) is 7.74. The van der Waals surface area contributed by atoms with Crippen molar-refractivity contribution in [1.29, 1.82) is 0 Å². The topological polar surface area (TPSA) is 58.6 Å². The summed E-state index contributed by atoms with van der Waals surface area (Å²) in [5.41, 5.74) is 2.18. The van der Waals surface area contributed by atoms with Gasteiger partial charge in [-0.3, -0.25) is 9.59 Å². The number of nitrogens with one attached hydrogen (secondary N) is 1. The first kappa shape index (κ1) is 16.3. The van der Waals surface area contributed by atoms with E-state index in [4.69, 9.17) is 4.74 Å². The summed E-state index contributed by atoms with van der Waals surface area (Å²) in [6, 6.07) is 5.68. The SMILES string of the molecule is CC(=O)N1CCC[C@H]1C(=O)NCCOc1c(C)cccc1C. The zero-order valence-corrected chi connectivity index (χ0v) is 13.5. The first-order valence-corrected chi connectivity index (χ1v) is 7.74. The second-order valence-corrected chi connectivity index (χ2v) is 5.73. The van der Waals surface area contributed by atoms with Gasteiger partial charge in [-0.25, -0.2) is 0 Å². The highest BCUT2D eigenvalue weighted by Crippen LogP contribution is 2.22. The molecule has 0 spiro atoms. The van der Waals surface area contributed by atoms with E-state index in [0.29, 0.717) is 19.7 Å². The maximum Gasteiger partial charge on any atom is 0.242 e. The smallest absolute Gasteiger partial charge is 0.242 e. The van der Waals surface area contributed by atoms with E-state index in [-0.39, 0.29) is 17.9 Å². The van der Waals surface area contributed by atoms with Gasteiger partial charge < -0.3 is 15.0 Å². The second-order valence-electron chi connectivity index (χ2n) is 5.73. The lowest BCUT2D eigenvalue weighted by molar-refractivity contribution is -0.136. The monoisotopic (exact) mass is 304 g/mol. The molecule has 22 heavy (non-hydrogen) atoms. The molecule has 5 heteroatoms. The lowest BCUT2D eigenvalue weighted by Crippen LogP contribution is -2.46. The Kier molecular flexibility index (Phi) is 5.41. The van der Waals surface area contributed by atoms with Crippen molar-refractivity contribution in [3.05, 3.63) is 29.3 Å². The fraction of sp³-hybridized carbons (Fsp3) is 0.529. The third-order valence-electron chi connectivity index (χ3n) is 4.02. The van der Waals surface area contributed by atoms with E-state index >= 15 is 0 Å². The molecule has 1 fully saturated rings. The van der Waals surface area contributed by atoms with Crippen molar-refractivity contribution in [3.63, 3.8) is 0 Å². The number of carbonyl (C=O) groups excluding carboxylic acids is 2. The van der Waals surface area contributed by atoms with E-state index in [2.05, 4.69) is 5.32 Å². The molecular weight excluding hydrogens is 280 g/mol. The average Bonchev–Trinajstić information content (AvgIpc) is 2.95. The lowest BCUT2D eigenvalue weighted by Gasteiger charge is -2.22. The Morgan fingerprint density at radius 3 is 2.64 bits per heavy atom. The van der Waals surface area contributed by atoms with Gasteiger partial charge in [-0.1, -0.05) is 18.2 Å². The molecule has 1 atom stereocenters. The average molecular weight is 304 g/mol. The third-order valence-corrected chi connectivity index (χ3v) is 4.02. The van der Waals surface area contributed by atoms with E-state index in [9.17, 15) is 9.59 Å². The minimum atomic E-state index is -0.322. The van der Waals surface area contributed by atoms with Gasteiger partial charge in [0, 0.05) is 13.5 Å². The van der Waals surface area contributed by atoms with Gasteiger partial charge >= 0.3 is 0 Å². The van der Waals surface area contributed by atoms with Crippen LogP contribution in [0.25, 0.3) is 0 Å². The minimum absolute atomic E-state index is 0.0376. The largest absolute Gasteiger partial charge is 0.491 e. The van der Waals surface area contributed by atoms with Crippen molar-refractivity contribution in [1.82, 2.24) is 10.2 Å². The van der Waals surface area contributed by atoms with Crippen LogP contribution < -0.4 is 10.1 Å². The molecule has 0 aliphatic carbocycles. The minimum Gasteiger partial charge on any atom is -0.491 e. The Morgan fingerprint density at radius 1 is 1.32 bits per heavy atom. The normalized spacial score (nSPS) is 17.4. The van der Waals surface area contributed by atoms with Crippen LogP contribution in [0.3, 0.4) is 0 Å². The first-order chi connectivity index (χ1) is 10.5. The molecule has 1 N–H and O–H groups in total. The highest BCUT2D eigenvalue weighted by Gasteiger charge is 2.31. The van der Waals surface area contributed by atoms with E-state index in [1.165, 1.54) is 6.92 Å². The number of carbonyl (C=O) groups is 2. The number of aryl methyl sites for hydroxylation is 2. The summed E-state index contributed by atoms with van der Waals surface area (Å²) in [6.45, 7) is 7.05. The predicted octanol–water partition coefficient (Wildman–Crippen LogP) is 1.81. The molecule has 0 aromatic heterocycles. The van der Waals surface area contributed by atoms with Crippen molar-refractivity contribution >= 4 is 11.8 Å². The molecule has 1 aliphatic rings. The second kappa shape index (κ2) is 7.29. The van der Waals surface area contributed by atoms with Crippen LogP contribution in [0.15, 0.2) is 18.2 Å². The summed E-state index contributed by atoms with van der Waals surface area (Å²) in [7, 11) is 0. The Hall–Kier alpha value is -2.04. The molecule has 1 aromatic rings. The van der Waals surface area contributed by atoms with E-state index < -0.39 is 0 Å². The van der Waals surface area contributed by atoms with Crippen molar-refractivity contribution in [2.75, 3.05) is 19.7 Å². The number of amides is 2. The number of hydrogen-bond donors (Lipinski definition) is 1. The number of benzene rings is 1. The molecule has 1 aromatic carbocycles. The molecule has 1 heterocycles. The number of hydrogen-bond acceptors (Lipinski definition) is 3. The number of likely N-dealkylation sites (tertiary alicyclic amines) is 1. The molecule has 5 nitrogen and oxygen atoms in total. The molecule has 2 rings (SSSR count). The zero-order valence-electron chi connectivity index (χ0n) is 13.5. The zero-order chi connectivity index (χ0) is 16.1. The maximum absolute atomic E-state index is 12.1. The van der Waals surface area contributed by atoms with Crippen LogP contribution in [0.1, 0.15) is 30.9 Å². The Bertz CT molecular complexity index is 537. The van der Waals surface area contributed by atoms with Gasteiger partial charge in [0.2, 0.25) is 11.8 Å².